The molecule has 3 rings (SSSR count). The van der Waals surface area contributed by atoms with Gasteiger partial charge in [-0.1, -0.05) is 42.5 Å². The van der Waals surface area contributed by atoms with E-state index in [-0.39, 0.29) is 5.57 Å². The fourth-order valence-corrected chi connectivity index (χ4v) is 2.46. The Balaban J connectivity index is 1.82. The number of ether oxygens (including phenoxy) is 2. The summed E-state index contributed by atoms with van der Waals surface area (Å²) < 4.78 is 10.9. The molecule has 0 radical (unpaired) electrons. The monoisotopic (exact) mass is 346 g/mol. The Morgan fingerprint density at radius 1 is 0.808 bits per heavy atom. The van der Waals surface area contributed by atoms with E-state index in [2.05, 4.69) is 0 Å². The lowest BCUT2D eigenvalue weighted by Crippen LogP contribution is -1.99. The van der Waals surface area contributed by atoms with Crippen LogP contribution in [0.4, 0.5) is 0 Å². The molecule has 0 saturated carbocycles. The molecular weight excluding hydrogens is 328 g/mol. The number of carboxylic acid groups (broad SMARTS) is 1. The molecule has 0 amide bonds. The third kappa shape index (κ3) is 4.30. The predicted octanol–water partition coefficient (Wildman–Crippen LogP) is 5.11. The summed E-state index contributed by atoms with van der Waals surface area (Å²) in [6.45, 7) is 0. The number of rotatable bonds is 6. The molecule has 1 N–H and O–H groups in total. The van der Waals surface area contributed by atoms with Crippen LogP contribution >= 0.6 is 0 Å². The molecule has 26 heavy (non-hydrogen) atoms. The van der Waals surface area contributed by atoms with Gasteiger partial charge in [0.15, 0.2) is 0 Å². The Morgan fingerprint density at radius 2 is 1.38 bits per heavy atom. The number of aliphatic carboxylic acids is 1. The van der Waals surface area contributed by atoms with Gasteiger partial charge in [-0.05, 0) is 53.6 Å². The Kier molecular flexibility index (Phi) is 5.34. The molecule has 3 aromatic rings. The largest absolute Gasteiger partial charge is 0.497 e. The molecule has 0 atom stereocenters. The number of carbonyl (C=O) groups is 1. The van der Waals surface area contributed by atoms with Gasteiger partial charge in [0, 0.05) is 0 Å². The first-order valence-corrected chi connectivity index (χ1v) is 8.08. The minimum atomic E-state index is -0.986. The highest BCUT2D eigenvalue weighted by atomic mass is 16.5. The topological polar surface area (TPSA) is 55.8 Å². The third-order valence-electron chi connectivity index (χ3n) is 3.80. The molecule has 0 spiro atoms. The van der Waals surface area contributed by atoms with Crippen molar-refractivity contribution in [3.8, 4) is 17.2 Å². The van der Waals surface area contributed by atoms with E-state index >= 15 is 0 Å². The zero-order valence-corrected chi connectivity index (χ0v) is 14.3. The predicted molar refractivity (Wildman–Crippen MR) is 101 cm³/mol. The first-order chi connectivity index (χ1) is 12.7. The zero-order chi connectivity index (χ0) is 18.4. The van der Waals surface area contributed by atoms with Crippen LogP contribution in [0.5, 0.6) is 17.2 Å². The van der Waals surface area contributed by atoms with Crippen LogP contribution in [0.25, 0.3) is 11.6 Å². The van der Waals surface area contributed by atoms with Crippen molar-refractivity contribution in [1.29, 1.82) is 0 Å². The van der Waals surface area contributed by atoms with Crippen LogP contribution in [0.3, 0.4) is 0 Å². The Labute approximate surface area is 151 Å². The van der Waals surface area contributed by atoms with Gasteiger partial charge < -0.3 is 14.6 Å². The molecule has 0 unspecified atom stereocenters. The summed E-state index contributed by atoms with van der Waals surface area (Å²) in [6, 6.07) is 23.7. The first kappa shape index (κ1) is 17.3. The van der Waals surface area contributed by atoms with E-state index in [1.165, 1.54) is 0 Å². The molecule has 0 heterocycles. The summed E-state index contributed by atoms with van der Waals surface area (Å²) in [7, 11) is 1.57. The average Bonchev–Trinajstić information content (AvgIpc) is 2.68. The number of hydrogen-bond acceptors (Lipinski definition) is 3. The average molecular weight is 346 g/mol. The number of carboxylic acids is 1. The van der Waals surface area contributed by atoms with E-state index < -0.39 is 5.97 Å². The van der Waals surface area contributed by atoms with Crippen molar-refractivity contribution in [2.75, 3.05) is 7.11 Å². The quantitative estimate of drug-likeness (QED) is 0.497. The molecule has 4 heteroatoms. The summed E-state index contributed by atoms with van der Waals surface area (Å²) in [5.41, 5.74) is 1.60. The maximum atomic E-state index is 11.6. The van der Waals surface area contributed by atoms with Gasteiger partial charge in [0.05, 0.1) is 12.7 Å². The summed E-state index contributed by atoms with van der Waals surface area (Å²) in [4.78, 5) is 11.6. The van der Waals surface area contributed by atoms with Crippen molar-refractivity contribution in [2.24, 2.45) is 0 Å². The van der Waals surface area contributed by atoms with Gasteiger partial charge in [0.25, 0.3) is 0 Å². The van der Waals surface area contributed by atoms with Gasteiger partial charge in [0.2, 0.25) is 0 Å². The number of hydrogen-bond donors (Lipinski definition) is 1. The molecule has 3 aromatic carbocycles. The second-order valence-corrected chi connectivity index (χ2v) is 5.58. The Morgan fingerprint density at radius 3 is 1.96 bits per heavy atom. The summed E-state index contributed by atoms with van der Waals surface area (Å²) in [6.07, 6.45) is 1.64. The molecule has 130 valence electrons. The zero-order valence-electron chi connectivity index (χ0n) is 14.3. The lowest BCUT2D eigenvalue weighted by atomic mass is 10.0. The molecule has 4 nitrogen and oxygen atoms in total. The van der Waals surface area contributed by atoms with Crippen molar-refractivity contribution in [2.45, 2.75) is 0 Å². The second kappa shape index (κ2) is 8.03. The van der Waals surface area contributed by atoms with Gasteiger partial charge in [-0.2, -0.15) is 0 Å². The van der Waals surface area contributed by atoms with Crippen LogP contribution in [0.2, 0.25) is 0 Å². The lowest BCUT2D eigenvalue weighted by Gasteiger charge is -2.07. The van der Waals surface area contributed by atoms with Gasteiger partial charge >= 0.3 is 5.97 Å². The number of methoxy groups -OCH3 is 1. The van der Waals surface area contributed by atoms with E-state index in [4.69, 9.17) is 9.47 Å². The van der Waals surface area contributed by atoms with Crippen LogP contribution < -0.4 is 9.47 Å². The third-order valence-corrected chi connectivity index (χ3v) is 3.80. The molecule has 0 aromatic heterocycles. The van der Waals surface area contributed by atoms with Crippen molar-refractivity contribution in [1.82, 2.24) is 0 Å². The standard InChI is InChI=1S/C22H18O4/c1-25-18-13-9-17(10-14-18)21(22(23)24)15-16-7-11-20(12-8-16)26-19-5-3-2-4-6-19/h2-15H,1H3,(H,23,24)/b21-15+. The molecule has 0 saturated heterocycles. The molecule has 0 bridgehead atoms. The van der Waals surface area contributed by atoms with Crippen LogP contribution in [-0.2, 0) is 4.79 Å². The number of para-hydroxylation sites is 1. The maximum Gasteiger partial charge on any atom is 0.336 e. The second-order valence-electron chi connectivity index (χ2n) is 5.58. The van der Waals surface area contributed by atoms with Gasteiger partial charge in [-0.15, -0.1) is 0 Å². The fraction of sp³-hybridized carbons (Fsp3) is 0.0455. The molecular formula is C22H18O4. The molecule has 0 aliphatic carbocycles. The summed E-state index contributed by atoms with van der Waals surface area (Å²) >= 11 is 0. The van der Waals surface area contributed by atoms with E-state index in [0.717, 1.165) is 11.3 Å². The maximum absolute atomic E-state index is 11.6. The minimum absolute atomic E-state index is 0.212. The highest BCUT2D eigenvalue weighted by Crippen LogP contribution is 2.24. The fourth-order valence-electron chi connectivity index (χ4n) is 2.46. The first-order valence-electron chi connectivity index (χ1n) is 8.08. The highest BCUT2D eigenvalue weighted by Gasteiger charge is 2.10. The normalized spacial score (nSPS) is 11.0. The Hall–Kier alpha value is -3.53. The highest BCUT2D eigenvalue weighted by molar-refractivity contribution is 6.20. The van der Waals surface area contributed by atoms with Crippen molar-refractivity contribution < 1.29 is 19.4 Å². The van der Waals surface area contributed by atoms with E-state index in [0.29, 0.717) is 17.1 Å². The van der Waals surface area contributed by atoms with Gasteiger partial charge in [-0.25, -0.2) is 4.79 Å². The van der Waals surface area contributed by atoms with Crippen molar-refractivity contribution in [3.63, 3.8) is 0 Å². The number of benzene rings is 3. The summed E-state index contributed by atoms with van der Waals surface area (Å²) in [5.74, 6) is 1.13. The lowest BCUT2D eigenvalue weighted by molar-refractivity contribution is -0.130. The van der Waals surface area contributed by atoms with Crippen LogP contribution in [0.1, 0.15) is 11.1 Å². The van der Waals surface area contributed by atoms with Crippen LogP contribution in [0, 0.1) is 0 Å². The molecule has 0 aliphatic rings. The Bertz CT molecular complexity index is 895. The van der Waals surface area contributed by atoms with Gasteiger partial charge in [-0.3, -0.25) is 0 Å². The SMILES string of the molecule is COc1ccc(/C(=C\c2ccc(Oc3ccccc3)cc2)C(=O)O)cc1. The summed E-state index contributed by atoms with van der Waals surface area (Å²) in [5, 5.41) is 9.54. The van der Waals surface area contributed by atoms with E-state index in [9.17, 15) is 9.90 Å². The van der Waals surface area contributed by atoms with Crippen LogP contribution in [0.15, 0.2) is 78.9 Å². The van der Waals surface area contributed by atoms with Crippen LogP contribution in [-0.4, -0.2) is 18.2 Å². The molecule has 0 aliphatic heterocycles. The van der Waals surface area contributed by atoms with Crippen molar-refractivity contribution in [3.05, 3.63) is 90.0 Å². The van der Waals surface area contributed by atoms with Gasteiger partial charge in [0.1, 0.15) is 17.2 Å². The minimum Gasteiger partial charge on any atom is -0.497 e. The van der Waals surface area contributed by atoms with E-state index in [1.54, 1.807) is 37.5 Å². The van der Waals surface area contributed by atoms with E-state index in [1.807, 2.05) is 54.6 Å². The molecule has 0 fully saturated rings. The smallest absolute Gasteiger partial charge is 0.336 e. The van der Waals surface area contributed by atoms with Crippen molar-refractivity contribution >= 4 is 17.6 Å².